The van der Waals surface area contributed by atoms with Gasteiger partial charge in [0.1, 0.15) is 6.04 Å². The van der Waals surface area contributed by atoms with Crippen molar-refractivity contribution in [1.29, 1.82) is 10.5 Å². The van der Waals surface area contributed by atoms with Gasteiger partial charge in [-0.1, -0.05) is 24.3 Å². The molecule has 2 aromatic rings. The lowest BCUT2D eigenvalue weighted by atomic mass is 10.1. The van der Waals surface area contributed by atoms with Gasteiger partial charge in [-0.05, 0) is 61.1 Å². The number of urea groups is 1. The van der Waals surface area contributed by atoms with Crippen molar-refractivity contribution in [1.82, 2.24) is 15.5 Å². The first kappa shape index (κ1) is 21.9. The first-order chi connectivity index (χ1) is 15.1. The normalized spacial score (nSPS) is 15.0. The number of hydrogen-bond acceptors (Lipinski definition) is 4. The molecule has 1 fully saturated rings. The fourth-order valence-corrected chi connectivity index (χ4v) is 3.64. The van der Waals surface area contributed by atoms with Gasteiger partial charge in [0.15, 0.2) is 0 Å². The average Bonchev–Trinajstić information content (AvgIpc) is 3.30. The highest BCUT2D eigenvalue weighted by molar-refractivity contribution is 5.87. The zero-order valence-electron chi connectivity index (χ0n) is 17.3. The number of rotatable bonds is 7. The minimum atomic E-state index is -0.448. The van der Waals surface area contributed by atoms with E-state index >= 15 is 0 Å². The second-order valence-corrected chi connectivity index (χ2v) is 7.49. The summed E-state index contributed by atoms with van der Waals surface area (Å²) in [6.07, 6.45) is 2.79. The number of nitriles is 2. The number of nitrogens with one attached hydrogen (secondary N) is 2. The molecule has 1 aliphatic rings. The molecular formula is C24H25N5O2. The van der Waals surface area contributed by atoms with Crippen LogP contribution in [-0.2, 0) is 17.6 Å². The van der Waals surface area contributed by atoms with Gasteiger partial charge in [0.2, 0.25) is 5.91 Å². The highest BCUT2D eigenvalue weighted by Gasteiger charge is 2.33. The van der Waals surface area contributed by atoms with E-state index in [1.807, 2.05) is 24.3 Å². The van der Waals surface area contributed by atoms with Crippen LogP contribution in [0.3, 0.4) is 0 Å². The number of carbonyl (C=O) groups excluding carboxylic acids is 2. The Balaban J connectivity index is 1.43. The van der Waals surface area contributed by atoms with Gasteiger partial charge in [0, 0.05) is 19.6 Å². The molecule has 2 aromatic carbocycles. The maximum absolute atomic E-state index is 12.6. The molecule has 2 N–H and O–H groups in total. The van der Waals surface area contributed by atoms with Gasteiger partial charge in [-0.3, -0.25) is 4.79 Å². The van der Waals surface area contributed by atoms with Crippen LogP contribution in [0.4, 0.5) is 4.79 Å². The summed E-state index contributed by atoms with van der Waals surface area (Å²) in [6, 6.07) is 18.1. The maximum Gasteiger partial charge on any atom is 0.318 e. The molecule has 7 nitrogen and oxygen atoms in total. The van der Waals surface area contributed by atoms with E-state index < -0.39 is 6.04 Å². The van der Waals surface area contributed by atoms with Crippen LogP contribution in [0.1, 0.15) is 35.1 Å². The number of nitrogens with zero attached hydrogens (tertiary/aromatic N) is 3. The SMILES string of the molecule is N#Cc1ccc(CCNC(=O)C2CCCN2C(=O)NCCc2ccc(C#N)cc2)cc1. The second kappa shape index (κ2) is 10.8. The number of amides is 3. The van der Waals surface area contributed by atoms with Gasteiger partial charge in [-0.25, -0.2) is 4.79 Å². The van der Waals surface area contributed by atoms with Crippen LogP contribution in [0.5, 0.6) is 0 Å². The lowest BCUT2D eigenvalue weighted by Crippen LogP contribution is -2.50. The topological polar surface area (TPSA) is 109 Å². The Labute approximate surface area is 182 Å². The highest BCUT2D eigenvalue weighted by atomic mass is 16.2. The van der Waals surface area contributed by atoms with Crippen LogP contribution in [0.25, 0.3) is 0 Å². The standard InChI is InChI=1S/C24H25N5O2/c25-16-20-7-3-18(4-8-20)11-13-27-23(30)22-2-1-15-29(22)24(31)28-14-12-19-5-9-21(17-26)10-6-19/h3-10,22H,1-2,11-15H2,(H,27,30)(H,28,31). The van der Waals surface area contributed by atoms with Crippen molar-refractivity contribution in [2.45, 2.75) is 31.7 Å². The molecule has 1 unspecified atom stereocenters. The molecule has 1 aliphatic heterocycles. The summed E-state index contributed by atoms with van der Waals surface area (Å²) in [5.74, 6) is -0.131. The molecular weight excluding hydrogens is 390 g/mol. The molecule has 158 valence electrons. The Morgan fingerprint density at radius 2 is 1.39 bits per heavy atom. The van der Waals surface area contributed by atoms with Crippen molar-refractivity contribution in [3.05, 3.63) is 70.8 Å². The fourth-order valence-electron chi connectivity index (χ4n) is 3.64. The molecule has 1 saturated heterocycles. The Morgan fingerprint density at radius 3 is 1.90 bits per heavy atom. The molecule has 0 aromatic heterocycles. The molecule has 1 heterocycles. The number of hydrogen-bond donors (Lipinski definition) is 2. The first-order valence-corrected chi connectivity index (χ1v) is 10.4. The van der Waals surface area contributed by atoms with E-state index in [4.69, 9.17) is 10.5 Å². The van der Waals surface area contributed by atoms with Crippen LogP contribution in [0, 0.1) is 22.7 Å². The van der Waals surface area contributed by atoms with Gasteiger partial charge in [0.05, 0.1) is 23.3 Å². The van der Waals surface area contributed by atoms with Crippen LogP contribution in [0.2, 0.25) is 0 Å². The summed E-state index contributed by atoms with van der Waals surface area (Å²) in [4.78, 5) is 26.8. The van der Waals surface area contributed by atoms with E-state index in [-0.39, 0.29) is 11.9 Å². The highest BCUT2D eigenvalue weighted by Crippen LogP contribution is 2.17. The van der Waals surface area contributed by atoms with Gasteiger partial charge in [0.25, 0.3) is 0 Å². The summed E-state index contributed by atoms with van der Waals surface area (Å²) >= 11 is 0. The zero-order chi connectivity index (χ0) is 22.1. The number of benzene rings is 2. The molecule has 0 radical (unpaired) electrons. The average molecular weight is 415 g/mol. The summed E-state index contributed by atoms with van der Waals surface area (Å²) in [5.41, 5.74) is 3.30. The lowest BCUT2D eigenvalue weighted by molar-refractivity contribution is -0.124. The van der Waals surface area contributed by atoms with E-state index in [1.165, 1.54) is 0 Å². The predicted molar refractivity (Wildman–Crippen MR) is 116 cm³/mol. The number of likely N-dealkylation sites (tertiary alicyclic amines) is 1. The van der Waals surface area contributed by atoms with E-state index in [2.05, 4.69) is 22.8 Å². The fraction of sp³-hybridized carbons (Fsp3) is 0.333. The Morgan fingerprint density at radius 1 is 0.871 bits per heavy atom. The quantitative estimate of drug-likeness (QED) is 0.724. The van der Waals surface area contributed by atoms with Gasteiger partial charge in [-0.15, -0.1) is 0 Å². The van der Waals surface area contributed by atoms with Crippen LogP contribution in [0.15, 0.2) is 48.5 Å². The van der Waals surface area contributed by atoms with Gasteiger partial charge >= 0.3 is 6.03 Å². The summed E-state index contributed by atoms with van der Waals surface area (Å²) in [6.45, 7) is 1.51. The third-order valence-corrected chi connectivity index (χ3v) is 5.39. The van der Waals surface area contributed by atoms with E-state index in [1.54, 1.807) is 29.2 Å². The van der Waals surface area contributed by atoms with Crippen molar-refractivity contribution >= 4 is 11.9 Å². The molecule has 3 amide bonds. The molecule has 0 bridgehead atoms. The van der Waals surface area contributed by atoms with Crippen molar-refractivity contribution in [3.8, 4) is 12.1 Å². The molecule has 0 spiro atoms. The third kappa shape index (κ3) is 6.07. The third-order valence-electron chi connectivity index (χ3n) is 5.39. The van der Waals surface area contributed by atoms with Gasteiger partial charge in [-0.2, -0.15) is 10.5 Å². The maximum atomic E-state index is 12.6. The monoisotopic (exact) mass is 415 g/mol. The van der Waals surface area contributed by atoms with Crippen molar-refractivity contribution in [2.75, 3.05) is 19.6 Å². The van der Waals surface area contributed by atoms with Crippen molar-refractivity contribution in [3.63, 3.8) is 0 Å². The van der Waals surface area contributed by atoms with Crippen LogP contribution in [-0.4, -0.2) is 42.5 Å². The van der Waals surface area contributed by atoms with Crippen molar-refractivity contribution in [2.24, 2.45) is 0 Å². The smallest absolute Gasteiger partial charge is 0.318 e. The lowest BCUT2D eigenvalue weighted by Gasteiger charge is -2.24. The molecule has 0 aliphatic carbocycles. The molecule has 31 heavy (non-hydrogen) atoms. The van der Waals surface area contributed by atoms with Crippen LogP contribution >= 0.6 is 0 Å². The minimum Gasteiger partial charge on any atom is -0.354 e. The Kier molecular flexibility index (Phi) is 7.61. The van der Waals surface area contributed by atoms with E-state index in [0.717, 1.165) is 17.5 Å². The largest absolute Gasteiger partial charge is 0.354 e. The molecule has 0 saturated carbocycles. The summed E-state index contributed by atoms with van der Waals surface area (Å²) in [5, 5.41) is 23.5. The Hall–Kier alpha value is -3.84. The Bertz CT molecular complexity index is 905. The summed E-state index contributed by atoms with van der Waals surface area (Å²) < 4.78 is 0. The molecule has 1 atom stereocenters. The zero-order valence-corrected chi connectivity index (χ0v) is 17.3. The van der Waals surface area contributed by atoms with E-state index in [9.17, 15) is 9.59 Å². The minimum absolute atomic E-state index is 0.131. The number of carbonyl (C=O) groups is 2. The van der Waals surface area contributed by atoms with Crippen molar-refractivity contribution < 1.29 is 9.59 Å². The first-order valence-electron chi connectivity index (χ1n) is 10.4. The second-order valence-electron chi connectivity index (χ2n) is 7.49. The summed E-state index contributed by atoms with van der Waals surface area (Å²) in [7, 11) is 0. The van der Waals surface area contributed by atoms with Crippen LogP contribution < -0.4 is 10.6 Å². The predicted octanol–water partition coefficient (Wildman–Crippen LogP) is 2.51. The molecule has 3 rings (SSSR count). The van der Waals surface area contributed by atoms with E-state index in [0.29, 0.717) is 50.0 Å². The van der Waals surface area contributed by atoms with Gasteiger partial charge < -0.3 is 15.5 Å². The molecule has 7 heteroatoms.